The minimum atomic E-state index is -4.12. The molecule has 0 spiro atoms. The van der Waals surface area contributed by atoms with Crippen molar-refractivity contribution in [3.8, 4) is 0 Å². The average molecular weight is 308 g/mol. The third-order valence-corrected chi connectivity index (χ3v) is 2.11. The van der Waals surface area contributed by atoms with Gasteiger partial charge in [-0.1, -0.05) is 26.0 Å². The molecule has 0 saturated carbocycles. The Morgan fingerprint density at radius 3 is 2.05 bits per heavy atom. The van der Waals surface area contributed by atoms with Crippen LogP contribution in [0.2, 0.25) is 0 Å². The molecule has 0 saturated heterocycles. The van der Waals surface area contributed by atoms with E-state index in [2.05, 4.69) is 11.3 Å². The van der Waals surface area contributed by atoms with Gasteiger partial charge in [0.2, 0.25) is 0 Å². The van der Waals surface area contributed by atoms with Gasteiger partial charge in [-0.15, -0.1) is 6.58 Å². The average Bonchev–Trinajstić information content (AvgIpc) is 2.38. The van der Waals surface area contributed by atoms with Crippen LogP contribution in [-0.2, 0) is 18.8 Å². The predicted octanol–water partition coefficient (Wildman–Crippen LogP) is 1.68. The van der Waals surface area contributed by atoms with E-state index in [0.717, 1.165) is 5.82 Å². The number of hydrogen-bond acceptors (Lipinski definition) is 4. The molecule has 0 aliphatic heterocycles. The molecule has 0 aliphatic carbocycles. The van der Waals surface area contributed by atoms with E-state index in [9.17, 15) is 4.57 Å². The first-order valence-electron chi connectivity index (χ1n) is 5.98. The number of hydrogen-bond donors (Lipinski definition) is 2. The minimum absolute atomic E-state index is 0.0000231. The van der Waals surface area contributed by atoms with E-state index in [-0.39, 0.29) is 6.61 Å². The normalized spacial score (nSPS) is 13.6. The summed E-state index contributed by atoms with van der Waals surface area (Å²) < 4.78 is 24.6. The zero-order valence-electron chi connectivity index (χ0n) is 12.9. The lowest BCUT2D eigenvalue weighted by molar-refractivity contribution is 0.0193. The van der Waals surface area contributed by atoms with Gasteiger partial charge in [0.05, 0.1) is 12.7 Å². The summed E-state index contributed by atoms with van der Waals surface area (Å²) in [5.74, 6) is 0.759. The van der Waals surface area contributed by atoms with Crippen LogP contribution in [0.15, 0.2) is 24.5 Å². The van der Waals surface area contributed by atoms with Crippen LogP contribution in [0.5, 0.6) is 0 Å². The maximum absolute atomic E-state index is 10.4. The summed E-state index contributed by atoms with van der Waals surface area (Å²) >= 11 is 0. The van der Waals surface area contributed by atoms with Crippen molar-refractivity contribution in [3.63, 3.8) is 0 Å². The van der Waals surface area contributed by atoms with E-state index in [1.807, 2.05) is 13.8 Å². The van der Waals surface area contributed by atoms with Crippen LogP contribution in [-0.4, -0.2) is 57.7 Å². The molecule has 2 atom stereocenters. The third-order valence-electron chi connectivity index (χ3n) is 1.51. The maximum atomic E-state index is 10.4. The molecule has 0 rings (SSSR count). The van der Waals surface area contributed by atoms with Crippen LogP contribution in [0.3, 0.4) is 0 Å². The molecule has 0 aromatic heterocycles. The van der Waals surface area contributed by atoms with Crippen LogP contribution >= 0.6 is 7.60 Å². The SMILES string of the molecule is CC.COC.[B]C(OC/C=C/P(=O)(O)O)[C@@H](C=C)OC. The highest BCUT2D eigenvalue weighted by atomic mass is 31.2. The molecule has 0 fully saturated rings. The molecule has 0 aliphatic rings. The topological polar surface area (TPSA) is 85.2 Å². The van der Waals surface area contributed by atoms with Crippen molar-refractivity contribution >= 4 is 15.4 Å². The van der Waals surface area contributed by atoms with Gasteiger partial charge in [-0.25, -0.2) is 0 Å². The molecule has 0 heterocycles. The molecule has 0 amide bonds. The van der Waals surface area contributed by atoms with Crippen LogP contribution in [0.1, 0.15) is 13.8 Å². The lowest BCUT2D eigenvalue weighted by Crippen LogP contribution is -2.29. The van der Waals surface area contributed by atoms with Crippen LogP contribution in [0.25, 0.3) is 0 Å². The summed E-state index contributed by atoms with van der Waals surface area (Å²) in [4.78, 5) is 17.0. The predicted molar refractivity (Wildman–Crippen MR) is 82.0 cm³/mol. The third kappa shape index (κ3) is 19.9. The Hall–Kier alpha value is -0.425. The fraction of sp³-hybridized carbons (Fsp3) is 0.667. The molecular weight excluding hydrogens is 282 g/mol. The smallest absolute Gasteiger partial charge is 0.348 e. The molecule has 8 heteroatoms. The zero-order valence-corrected chi connectivity index (χ0v) is 13.7. The van der Waals surface area contributed by atoms with E-state index in [4.69, 9.17) is 27.1 Å². The summed E-state index contributed by atoms with van der Waals surface area (Å²) in [6, 6.07) is -0.714. The molecule has 2 N–H and O–H groups in total. The van der Waals surface area contributed by atoms with Crippen molar-refractivity contribution in [1.82, 2.24) is 0 Å². The highest BCUT2D eigenvalue weighted by Gasteiger charge is 2.12. The van der Waals surface area contributed by atoms with Gasteiger partial charge in [0.1, 0.15) is 7.85 Å². The first-order valence-corrected chi connectivity index (χ1v) is 7.66. The second-order valence-electron chi connectivity index (χ2n) is 3.12. The Morgan fingerprint density at radius 1 is 1.30 bits per heavy atom. The Labute approximate surface area is 123 Å². The maximum Gasteiger partial charge on any atom is 0.348 e. The Morgan fingerprint density at radius 2 is 1.75 bits per heavy atom. The second-order valence-corrected chi connectivity index (χ2v) is 4.59. The van der Waals surface area contributed by atoms with Crippen molar-refractivity contribution in [3.05, 3.63) is 24.5 Å². The van der Waals surface area contributed by atoms with Gasteiger partial charge in [0.15, 0.2) is 0 Å². The highest BCUT2D eigenvalue weighted by Crippen LogP contribution is 2.35. The first-order chi connectivity index (χ1) is 9.32. The van der Waals surface area contributed by atoms with Crippen molar-refractivity contribution in [1.29, 1.82) is 0 Å². The first kappa shape index (κ1) is 24.6. The fourth-order valence-electron chi connectivity index (χ4n) is 0.806. The van der Waals surface area contributed by atoms with E-state index in [1.54, 1.807) is 14.2 Å². The van der Waals surface area contributed by atoms with E-state index >= 15 is 0 Å². The van der Waals surface area contributed by atoms with Crippen molar-refractivity contribution in [2.45, 2.75) is 26.0 Å². The molecule has 0 aromatic rings. The Balaban J connectivity index is -0.000000505. The van der Waals surface area contributed by atoms with Crippen molar-refractivity contribution < 1.29 is 28.6 Å². The molecular formula is C12H26BO6P. The standard InChI is InChI=1S/C8H14BO5P.C2H6O.C2H6/c1-3-7(13-2)8(9)14-5-4-6-15(10,11)12;1-3-2;1-2/h3-4,6-8H,1,5H2,2H3,(H2,10,11,12);1-2H3;1-2H3/b6-4+;;/t7-,8?;;/m1../s1. The monoisotopic (exact) mass is 308 g/mol. The molecule has 20 heavy (non-hydrogen) atoms. The molecule has 118 valence electrons. The molecule has 2 radical (unpaired) electrons. The number of methoxy groups -OCH3 is 2. The Bertz CT molecular complexity index is 279. The minimum Gasteiger partial charge on any atom is -0.388 e. The summed E-state index contributed by atoms with van der Waals surface area (Å²) in [5, 5.41) is 0. The summed E-state index contributed by atoms with van der Waals surface area (Å²) in [7, 11) is 6.14. The van der Waals surface area contributed by atoms with Gasteiger partial charge in [0.25, 0.3) is 0 Å². The van der Waals surface area contributed by atoms with Crippen molar-refractivity contribution in [2.75, 3.05) is 27.9 Å². The quantitative estimate of drug-likeness (QED) is 0.423. The van der Waals surface area contributed by atoms with Crippen LogP contribution in [0.4, 0.5) is 0 Å². The van der Waals surface area contributed by atoms with Gasteiger partial charge in [-0.3, -0.25) is 4.57 Å². The fourth-order valence-corrected chi connectivity index (χ4v) is 1.17. The molecule has 6 nitrogen and oxygen atoms in total. The van der Waals surface area contributed by atoms with Crippen LogP contribution in [0, 0.1) is 0 Å². The van der Waals surface area contributed by atoms with Gasteiger partial charge in [0, 0.05) is 33.1 Å². The van der Waals surface area contributed by atoms with Gasteiger partial charge < -0.3 is 24.0 Å². The van der Waals surface area contributed by atoms with Crippen LogP contribution < -0.4 is 0 Å². The summed E-state index contributed by atoms with van der Waals surface area (Å²) in [5.41, 5.74) is 0. The number of ether oxygens (including phenoxy) is 3. The van der Waals surface area contributed by atoms with E-state index in [0.29, 0.717) is 0 Å². The van der Waals surface area contributed by atoms with Crippen molar-refractivity contribution in [2.24, 2.45) is 0 Å². The lowest BCUT2D eigenvalue weighted by atomic mass is 9.94. The van der Waals surface area contributed by atoms with E-state index < -0.39 is 19.7 Å². The highest BCUT2D eigenvalue weighted by molar-refractivity contribution is 7.55. The zero-order chi connectivity index (χ0) is 16.6. The Kier molecular flexibility index (Phi) is 20.4. The largest absolute Gasteiger partial charge is 0.388 e. The summed E-state index contributed by atoms with van der Waals surface area (Å²) in [6.45, 7) is 7.49. The lowest BCUT2D eigenvalue weighted by Gasteiger charge is -2.19. The molecule has 0 bridgehead atoms. The van der Waals surface area contributed by atoms with E-state index in [1.165, 1.54) is 19.3 Å². The second kappa shape index (κ2) is 16.6. The van der Waals surface area contributed by atoms with Gasteiger partial charge in [-0.2, -0.15) is 0 Å². The van der Waals surface area contributed by atoms with Gasteiger partial charge in [-0.05, 0) is 0 Å². The molecule has 0 aromatic carbocycles. The molecule has 1 unspecified atom stereocenters. The summed E-state index contributed by atoms with van der Waals surface area (Å²) in [6.07, 6.45) is 2.24. The number of rotatable bonds is 7. The van der Waals surface area contributed by atoms with Gasteiger partial charge >= 0.3 is 7.60 Å².